The van der Waals surface area contributed by atoms with Crippen molar-refractivity contribution in [3.63, 3.8) is 0 Å². The van der Waals surface area contributed by atoms with Crippen molar-refractivity contribution >= 4 is 45.2 Å². The molecule has 4 rings (SSSR count). The van der Waals surface area contributed by atoms with Crippen LogP contribution in [-0.4, -0.2) is 80.4 Å². The van der Waals surface area contributed by atoms with Crippen LogP contribution in [0.25, 0.3) is 0 Å². The van der Waals surface area contributed by atoms with Gasteiger partial charge in [0.05, 0.1) is 23.1 Å². The Hall–Kier alpha value is -2.63. The van der Waals surface area contributed by atoms with Gasteiger partial charge in [-0.2, -0.15) is 4.31 Å². The minimum Gasteiger partial charge on any atom is -0.463 e. The summed E-state index contributed by atoms with van der Waals surface area (Å²) >= 11 is 12.0. The highest BCUT2D eigenvalue weighted by atomic mass is 35.5. The van der Waals surface area contributed by atoms with Crippen molar-refractivity contribution in [1.82, 2.24) is 19.4 Å². The fraction of sp³-hybridized carbons (Fsp3) is 0.407. The van der Waals surface area contributed by atoms with E-state index in [-0.39, 0.29) is 30.6 Å². The van der Waals surface area contributed by atoms with Crippen LogP contribution in [0.15, 0.2) is 64.7 Å². The molecule has 2 heterocycles. The van der Waals surface area contributed by atoms with E-state index in [1.54, 1.807) is 48.2 Å². The molecule has 1 fully saturated rings. The molecule has 0 aliphatic carbocycles. The van der Waals surface area contributed by atoms with Crippen molar-refractivity contribution in [2.45, 2.75) is 31.2 Å². The van der Waals surface area contributed by atoms with Gasteiger partial charge in [0.25, 0.3) is 0 Å². The number of halogens is 2. The number of hydrogen-bond donors (Lipinski definition) is 1. The number of carbonyl (C=O) groups excluding carboxylic acids is 2. The van der Waals surface area contributed by atoms with Crippen LogP contribution in [0.2, 0.25) is 10.0 Å². The van der Waals surface area contributed by atoms with Gasteiger partial charge in [-0.05, 0) is 68.8 Å². The van der Waals surface area contributed by atoms with Gasteiger partial charge < -0.3 is 10.1 Å². The molecule has 0 saturated carbocycles. The Morgan fingerprint density at radius 2 is 1.62 bits per heavy atom. The number of sulfonamides is 1. The lowest BCUT2D eigenvalue weighted by molar-refractivity contribution is -0.139. The summed E-state index contributed by atoms with van der Waals surface area (Å²) in [7, 11) is -3.69. The molecule has 0 unspecified atom stereocenters. The molecular formula is C27H32Cl2N4O5S. The van der Waals surface area contributed by atoms with E-state index in [1.165, 1.54) is 16.4 Å². The molecule has 210 valence electrons. The average molecular weight is 596 g/mol. The maximum Gasteiger partial charge on any atom is 0.338 e. The van der Waals surface area contributed by atoms with Crippen molar-refractivity contribution in [2.24, 2.45) is 0 Å². The maximum absolute atomic E-state index is 13.3. The minimum absolute atomic E-state index is 0.185. The summed E-state index contributed by atoms with van der Waals surface area (Å²) in [5, 5.41) is 3.95. The van der Waals surface area contributed by atoms with E-state index >= 15 is 0 Å². The number of likely N-dealkylation sites (N-methyl/N-ethyl adjacent to an activating group) is 1. The minimum atomic E-state index is -3.69. The third-order valence-electron chi connectivity index (χ3n) is 6.83. The van der Waals surface area contributed by atoms with Gasteiger partial charge in [-0.3, -0.25) is 9.80 Å². The predicted octanol–water partition coefficient (Wildman–Crippen LogP) is 4.29. The molecule has 2 aliphatic rings. The zero-order chi connectivity index (χ0) is 28.2. The average Bonchev–Trinajstić information content (AvgIpc) is 3.15. The number of nitrogens with one attached hydrogen (secondary N) is 1. The van der Waals surface area contributed by atoms with Gasteiger partial charge in [-0.15, -0.1) is 0 Å². The summed E-state index contributed by atoms with van der Waals surface area (Å²) in [5.41, 5.74) is 1.62. The lowest BCUT2D eigenvalue weighted by Gasteiger charge is -2.38. The second kappa shape index (κ2) is 12.7. The van der Waals surface area contributed by atoms with Gasteiger partial charge in [-0.1, -0.05) is 35.3 Å². The van der Waals surface area contributed by atoms with Gasteiger partial charge in [0.2, 0.25) is 10.0 Å². The first-order chi connectivity index (χ1) is 18.6. The van der Waals surface area contributed by atoms with Crippen LogP contribution in [0.1, 0.15) is 31.9 Å². The number of benzene rings is 2. The van der Waals surface area contributed by atoms with Gasteiger partial charge in [-0.25, -0.2) is 18.0 Å². The zero-order valence-corrected chi connectivity index (χ0v) is 24.2. The van der Waals surface area contributed by atoms with Crippen molar-refractivity contribution in [2.75, 3.05) is 45.9 Å². The van der Waals surface area contributed by atoms with E-state index in [0.717, 1.165) is 0 Å². The number of nitrogens with zero attached hydrogens (tertiary/aromatic N) is 3. The molecular weight excluding hydrogens is 563 g/mol. The third kappa shape index (κ3) is 6.58. The Morgan fingerprint density at radius 3 is 2.23 bits per heavy atom. The van der Waals surface area contributed by atoms with Gasteiger partial charge in [0.15, 0.2) is 0 Å². The van der Waals surface area contributed by atoms with Crippen LogP contribution in [0.3, 0.4) is 0 Å². The SMILES string of the molecule is CCOC(=O)C1=C(CN2CCCN(S(=O)(=O)c3ccc(Cl)cc3)CC2)N(CC)C(=O)N[C@H]1c1ccc(Cl)cc1. The van der Waals surface area contributed by atoms with Crippen LogP contribution in [0.4, 0.5) is 4.79 Å². The number of esters is 1. The first-order valence-corrected chi connectivity index (χ1v) is 15.1. The van der Waals surface area contributed by atoms with Gasteiger partial charge in [0, 0.05) is 48.5 Å². The van der Waals surface area contributed by atoms with Gasteiger partial charge in [0.1, 0.15) is 0 Å². The van der Waals surface area contributed by atoms with Gasteiger partial charge >= 0.3 is 12.0 Å². The topological polar surface area (TPSA) is 99.3 Å². The molecule has 0 aromatic heterocycles. The lowest BCUT2D eigenvalue weighted by Crippen LogP contribution is -2.51. The van der Waals surface area contributed by atoms with E-state index in [2.05, 4.69) is 10.2 Å². The first-order valence-electron chi connectivity index (χ1n) is 12.9. The summed E-state index contributed by atoms with van der Waals surface area (Å²) < 4.78 is 33.4. The molecule has 0 radical (unpaired) electrons. The summed E-state index contributed by atoms with van der Waals surface area (Å²) in [6, 6.07) is 12.1. The highest BCUT2D eigenvalue weighted by Crippen LogP contribution is 2.33. The quantitative estimate of drug-likeness (QED) is 0.458. The Balaban J connectivity index is 1.63. The Labute approximate surface area is 239 Å². The van der Waals surface area contributed by atoms with Crippen LogP contribution >= 0.6 is 23.2 Å². The van der Waals surface area contributed by atoms with Crippen LogP contribution in [0, 0.1) is 0 Å². The highest BCUT2D eigenvalue weighted by Gasteiger charge is 2.38. The Bertz CT molecular complexity index is 1330. The number of carbonyl (C=O) groups is 2. The summed E-state index contributed by atoms with van der Waals surface area (Å²) in [6.07, 6.45) is 0.591. The standard InChI is InChI=1S/C27H32Cl2N4O5S/c1-3-33-23(24(26(34)38-4-2)25(30-27(33)35)19-6-8-20(28)9-7-19)18-31-14-5-15-32(17-16-31)39(36,37)22-12-10-21(29)11-13-22/h6-13,25H,3-5,14-18H2,1-2H3,(H,30,35)/t25-/m0/s1. The van der Waals surface area contributed by atoms with Crippen molar-refractivity contribution in [3.05, 3.63) is 75.4 Å². The van der Waals surface area contributed by atoms with Crippen molar-refractivity contribution in [3.8, 4) is 0 Å². The number of urea groups is 1. The predicted molar refractivity (Wildman–Crippen MR) is 150 cm³/mol. The monoisotopic (exact) mass is 594 g/mol. The summed E-state index contributed by atoms with van der Waals surface area (Å²) in [6.45, 7) is 6.05. The van der Waals surface area contributed by atoms with E-state index < -0.39 is 22.0 Å². The molecule has 2 aromatic carbocycles. The molecule has 9 nitrogen and oxygen atoms in total. The molecule has 1 N–H and O–H groups in total. The van der Waals surface area contributed by atoms with Crippen molar-refractivity contribution in [1.29, 1.82) is 0 Å². The molecule has 2 aromatic rings. The molecule has 1 atom stereocenters. The Morgan fingerprint density at radius 1 is 0.974 bits per heavy atom. The third-order valence-corrected chi connectivity index (χ3v) is 9.24. The molecule has 0 spiro atoms. The fourth-order valence-electron chi connectivity index (χ4n) is 4.88. The first kappa shape index (κ1) is 29.4. The second-order valence-electron chi connectivity index (χ2n) is 9.25. The van der Waals surface area contributed by atoms with E-state index in [1.807, 2.05) is 6.92 Å². The molecule has 2 amide bonds. The zero-order valence-electron chi connectivity index (χ0n) is 21.9. The van der Waals surface area contributed by atoms with Crippen LogP contribution in [0.5, 0.6) is 0 Å². The van der Waals surface area contributed by atoms with E-state index in [4.69, 9.17) is 27.9 Å². The summed E-state index contributed by atoms with van der Waals surface area (Å²) in [4.78, 5) is 30.3. The second-order valence-corrected chi connectivity index (χ2v) is 12.1. The largest absolute Gasteiger partial charge is 0.463 e. The smallest absolute Gasteiger partial charge is 0.338 e. The number of amides is 2. The van der Waals surface area contributed by atoms with E-state index in [9.17, 15) is 18.0 Å². The molecule has 12 heteroatoms. The fourth-order valence-corrected chi connectivity index (χ4v) is 6.60. The number of hydrogen-bond acceptors (Lipinski definition) is 6. The molecule has 2 aliphatic heterocycles. The molecule has 0 bridgehead atoms. The van der Waals surface area contributed by atoms with Crippen molar-refractivity contribution < 1.29 is 22.7 Å². The summed E-state index contributed by atoms with van der Waals surface area (Å²) in [5.74, 6) is -0.507. The van der Waals surface area contributed by atoms with Crippen LogP contribution in [-0.2, 0) is 19.6 Å². The normalized spacial score (nSPS) is 19.5. The molecule has 39 heavy (non-hydrogen) atoms. The number of ether oxygens (including phenoxy) is 1. The lowest BCUT2D eigenvalue weighted by atomic mass is 9.94. The Kier molecular flexibility index (Phi) is 9.56. The highest BCUT2D eigenvalue weighted by molar-refractivity contribution is 7.89. The van der Waals surface area contributed by atoms with E-state index in [0.29, 0.717) is 59.5 Å². The molecule has 1 saturated heterocycles. The van der Waals surface area contributed by atoms with Crippen LogP contribution < -0.4 is 5.32 Å². The maximum atomic E-state index is 13.3. The number of rotatable bonds is 8.